The van der Waals surface area contributed by atoms with Gasteiger partial charge in [0.05, 0.1) is 18.6 Å². The third-order valence-corrected chi connectivity index (χ3v) is 6.51. The Hall–Kier alpha value is -3.00. The molecule has 0 saturated carbocycles. The first-order valence-corrected chi connectivity index (χ1v) is 10.6. The van der Waals surface area contributed by atoms with Crippen LogP contribution < -0.4 is 10.1 Å². The average molecular weight is 443 g/mol. The lowest BCUT2D eigenvalue weighted by molar-refractivity contribution is -0.134. The van der Waals surface area contributed by atoms with Crippen LogP contribution in [0, 0.1) is 17.6 Å². The van der Waals surface area contributed by atoms with E-state index in [1.165, 1.54) is 6.07 Å². The molecule has 2 aliphatic rings. The number of rotatable bonds is 4. The lowest BCUT2D eigenvalue weighted by Gasteiger charge is -2.35. The number of hydrogen-bond donors (Lipinski definition) is 1. The predicted octanol–water partition coefficient (Wildman–Crippen LogP) is 2.61. The zero-order valence-electron chi connectivity index (χ0n) is 18.5. The van der Waals surface area contributed by atoms with E-state index in [1.54, 1.807) is 38.2 Å². The molecule has 170 valence electrons. The Kier molecular flexibility index (Phi) is 5.90. The molecular formula is C24H27F2N3O3. The SMILES string of the molecule is COc1ccc2c(c1)C(=O)N[C@@]1(CC2)CN(Cc2ccc(F)c(F)c2)C[C@@H]1C(=O)N(C)C. The lowest BCUT2D eigenvalue weighted by atomic mass is 9.81. The van der Waals surface area contributed by atoms with E-state index in [0.29, 0.717) is 49.4 Å². The molecule has 1 spiro atoms. The summed E-state index contributed by atoms with van der Waals surface area (Å²) in [5.74, 6) is -1.95. The number of nitrogens with one attached hydrogen (secondary N) is 1. The van der Waals surface area contributed by atoms with Crippen molar-refractivity contribution in [1.82, 2.24) is 15.1 Å². The summed E-state index contributed by atoms with van der Waals surface area (Å²) < 4.78 is 32.3. The molecule has 4 rings (SSSR count). The summed E-state index contributed by atoms with van der Waals surface area (Å²) >= 11 is 0. The van der Waals surface area contributed by atoms with Crippen molar-refractivity contribution in [3.05, 3.63) is 64.7 Å². The third kappa shape index (κ3) is 4.07. The van der Waals surface area contributed by atoms with E-state index in [0.717, 1.165) is 11.6 Å². The fourth-order valence-electron chi connectivity index (χ4n) is 4.85. The minimum Gasteiger partial charge on any atom is -0.497 e. The molecule has 2 aromatic carbocycles. The van der Waals surface area contributed by atoms with Crippen molar-refractivity contribution in [1.29, 1.82) is 0 Å². The molecule has 1 N–H and O–H groups in total. The molecule has 0 radical (unpaired) electrons. The van der Waals surface area contributed by atoms with E-state index in [1.807, 2.05) is 17.0 Å². The van der Waals surface area contributed by atoms with Gasteiger partial charge in [-0.2, -0.15) is 0 Å². The number of carbonyl (C=O) groups excluding carboxylic acids is 2. The highest BCUT2D eigenvalue weighted by molar-refractivity contribution is 5.97. The van der Waals surface area contributed by atoms with Crippen molar-refractivity contribution in [3.8, 4) is 5.75 Å². The first kappa shape index (κ1) is 22.2. The number of nitrogens with zero attached hydrogens (tertiary/aromatic N) is 2. The van der Waals surface area contributed by atoms with Gasteiger partial charge in [-0.05, 0) is 48.2 Å². The van der Waals surface area contributed by atoms with E-state index >= 15 is 0 Å². The molecule has 8 heteroatoms. The van der Waals surface area contributed by atoms with Crippen molar-refractivity contribution in [2.24, 2.45) is 5.92 Å². The molecule has 2 heterocycles. The molecular weight excluding hydrogens is 416 g/mol. The Labute approximate surface area is 186 Å². The highest BCUT2D eigenvalue weighted by atomic mass is 19.2. The van der Waals surface area contributed by atoms with Crippen LogP contribution in [0.4, 0.5) is 8.78 Å². The van der Waals surface area contributed by atoms with E-state index in [2.05, 4.69) is 5.32 Å². The summed E-state index contributed by atoms with van der Waals surface area (Å²) in [5.41, 5.74) is 1.32. The molecule has 32 heavy (non-hydrogen) atoms. The first-order chi connectivity index (χ1) is 15.2. The van der Waals surface area contributed by atoms with Gasteiger partial charge >= 0.3 is 0 Å². The standard InChI is InChI=1S/C24H27F2N3O3/c1-28(2)23(31)19-13-29(12-15-4-7-20(25)21(26)10-15)14-24(19)9-8-16-5-6-17(32-3)11-18(16)22(30)27-24/h4-7,10-11,19H,8-9,12-14H2,1-3H3,(H,27,30)/t19-,24+/m1/s1. The lowest BCUT2D eigenvalue weighted by Crippen LogP contribution is -2.57. The summed E-state index contributed by atoms with van der Waals surface area (Å²) in [5, 5.41) is 3.17. The number of aryl methyl sites for hydroxylation is 1. The second-order valence-corrected chi connectivity index (χ2v) is 8.84. The predicted molar refractivity (Wildman–Crippen MR) is 115 cm³/mol. The van der Waals surface area contributed by atoms with Gasteiger partial charge in [0, 0.05) is 39.3 Å². The molecule has 1 saturated heterocycles. The largest absolute Gasteiger partial charge is 0.497 e. The minimum absolute atomic E-state index is 0.0679. The number of ether oxygens (including phenoxy) is 1. The van der Waals surface area contributed by atoms with Gasteiger partial charge in [0.15, 0.2) is 11.6 Å². The van der Waals surface area contributed by atoms with E-state index < -0.39 is 23.1 Å². The van der Waals surface area contributed by atoms with Crippen LogP contribution in [-0.4, -0.2) is 61.4 Å². The van der Waals surface area contributed by atoms with Crippen LogP contribution in [0.15, 0.2) is 36.4 Å². The molecule has 0 bridgehead atoms. The van der Waals surface area contributed by atoms with Gasteiger partial charge in [-0.15, -0.1) is 0 Å². The Balaban J connectivity index is 1.64. The smallest absolute Gasteiger partial charge is 0.252 e. The monoisotopic (exact) mass is 443 g/mol. The molecule has 2 aliphatic heterocycles. The van der Waals surface area contributed by atoms with Crippen LogP contribution in [0.1, 0.15) is 27.9 Å². The summed E-state index contributed by atoms with van der Waals surface area (Å²) in [6.45, 7) is 1.20. The minimum atomic E-state index is -0.899. The van der Waals surface area contributed by atoms with Gasteiger partial charge in [0.2, 0.25) is 5.91 Å². The number of benzene rings is 2. The Morgan fingerprint density at radius 1 is 1.22 bits per heavy atom. The number of fused-ring (bicyclic) bond motifs is 1. The molecule has 0 aromatic heterocycles. The number of amides is 2. The second-order valence-electron chi connectivity index (χ2n) is 8.84. The van der Waals surface area contributed by atoms with Crippen molar-refractivity contribution >= 4 is 11.8 Å². The first-order valence-electron chi connectivity index (χ1n) is 10.6. The van der Waals surface area contributed by atoms with Gasteiger partial charge < -0.3 is 15.0 Å². The van der Waals surface area contributed by atoms with E-state index in [-0.39, 0.29) is 11.8 Å². The molecule has 2 aromatic rings. The van der Waals surface area contributed by atoms with Crippen LogP contribution in [0.3, 0.4) is 0 Å². The Morgan fingerprint density at radius 3 is 2.69 bits per heavy atom. The quantitative estimate of drug-likeness (QED) is 0.789. The Bertz CT molecular complexity index is 1060. The molecule has 0 unspecified atom stereocenters. The summed E-state index contributed by atoms with van der Waals surface area (Å²) in [4.78, 5) is 29.9. The summed E-state index contributed by atoms with van der Waals surface area (Å²) in [7, 11) is 4.95. The number of halogens is 2. The van der Waals surface area contributed by atoms with Crippen LogP contribution in [0.2, 0.25) is 0 Å². The maximum absolute atomic E-state index is 13.7. The van der Waals surface area contributed by atoms with Gasteiger partial charge in [0.1, 0.15) is 5.75 Å². The zero-order valence-corrected chi connectivity index (χ0v) is 18.5. The van der Waals surface area contributed by atoms with Gasteiger partial charge in [-0.3, -0.25) is 14.5 Å². The number of methoxy groups -OCH3 is 1. The molecule has 2 amide bonds. The summed E-state index contributed by atoms with van der Waals surface area (Å²) in [6.07, 6.45) is 1.23. The van der Waals surface area contributed by atoms with Crippen molar-refractivity contribution in [2.45, 2.75) is 24.9 Å². The molecule has 2 atom stereocenters. The maximum atomic E-state index is 13.7. The molecule has 1 fully saturated rings. The third-order valence-electron chi connectivity index (χ3n) is 6.51. The van der Waals surface area contributed by atoms with Crippen LogP contribution in [-0.2, 0) is 17.8 Å². The number of likely N-dealkylation sites (tertiary alicyclic amines) is 1. The van der Waals surface area contributed by atoms with Gasteiger partial charge in [-0.25, -0.2) is 8.78 Å². The topological polar surface area (TPSA) is 61.9 Å². The fraction of sp³-hybridized carbons (Fsp3) is 0.417. The van der Waals surface area contributed by atoms with E-state index in [9.17, 15) is 18.4 Å². The average Bonchev–Trinajstić information content (AvgIpc) is 3.04. The van der Waals surface area contributed by atoms with Crippen LogP contribution in [0.5, 0.6) is 5.75 Å². The van der Waals surface area contributed by atoms with Crippen molar-refractivity contribution < 1.29 is 23.1 Å². The zero-order chi connectivity index (χ0) is 23.0. The molecule has 0 aliphatic carbocycles. The van der Waals surface area contributed by atoms with E-state index in [4.69, 9.17) is 4.74 Å². The normalized spacial score (nSPS) is 22.9. The Morgan fingerprint density at radius 2 is 2.00 bits per heavy atom. The number of hydrogen-bond acceptors (Lipinski definition) is 4. The fourth-order valence-corrected chi connectivity index (χ4v) is 4.85. The highest BCUT2D eigenvalue weighted by Crippen LogP contribution is 2.37. The van der Waals surface area contributed by atoms with Crippen LogP contribution >= 0.6 is 0 Å². The highest BCUT2D eigenvalue weighted by Gasteiger charge is 2.52. The summed E-state index contributed by atoms with van der Waals surface area (Å²) in [6, 6.07) is 9.27. The van der Waals surface area contributed by atoms with Gasteiger partial charge in [0.25, 0.3) is 5.91 Å². The van der Waals surface area contributed by atoms with Crippen LogP contribution in [0.25, 0.3) is 0 Å². The van der Waals surface area contributed by atoms with Gasteiger partial charge in [-0.1, -0.05) is 12.1 Å². The second kappa shape index (κ2) is 8.50. The number of carbonyl (C=O) groups is 2. The van der Waals surface area contributed by atoms with Crippen molar-refractivity contribution in [2.75, 3.05) is 34.3 Å². The maximum Gasteiger partial charge on any atom is 0.252 e. The van der Waals surface area contributed by atoms with Crippen molar-refractivity contribution in [3.63, 3.8) is 0 Å². The molecule has 6 nitrogen and oxygen atoms in total.